The lowest BCUT2D eigenvalue weighted by Gasteiger charge is -2.21. The molecule has 4 rings (SSSR count). The first-order valence-electron chi connectivity index (χ1n) is 10.5. The molecule has 0 fully saturated rings. The van der Waals surface area contributed by atoms with Gasteiger partial charge in [-0.15, -0.1) is 0 Å². The van der Waals surface area contributed by atoms with E-state index in [1.54, 1.807) is 28.9 Å². The van der Waals surface area contributed by atoms with E-state index in [0.29, 0.717) is 35.3 Å². The molecule has 1 amide bonds. The van der Waals surface area contributed by atoms with E-state index in [1.165, 1.54) is 0 Å². The molecule has 0 saturated carbocycles. The number of nitrogens with one attached hydrogen (secondary N) is 1. The lowest BCUT2D eigenvalue weighted by molar-refractivity contribution is -0.124. The number of rotatable bonds is 6. The molecule has 1 aromatic heterocycles. The maximum absolute atomic E-state index is 12.4. The molecule has 9 heteroatoms. The molecule has 3 aromatic rings. The van der Waals surface area contributed by atoms with Crippen LogP contribution in [0.1, 0.15) is 40.3 Å². The van der Waals surface area contributed by atoms with E-state index in [4.69, 9.17) is 25.8 Å². The van der Waals surface area contributed by atoms with Gasteiger partial charge in [-0.3, -0.25) is 4.79 Å². The fraction of sp³-hybridized carbons (Fsp3) is 0.292. The fourth-order valence-electron chi connectivity index (χ4n) is 3.52. The average Bonchev–Trinajstić information content (AvgIpc) is 3.09. The van der Waals surface area contributed by atoms with Crippen molar-refractivity contribution in [3.63, 3.8) is 0 Å². The minimum atomic E-state index is -0.588. The van der Waals surface area contributed by atoms with Crippen molar-refractivity contribution < 1.29 is 23.8 Å². The van der Waals surface area contributed by atoms with Crippen molar-refractivity contribution in [1.82, 2.24) is 15.1 Å². The maximum atomic E-state index is 12.4. The highest BCUT2D eigenvalue weighted by Gasteiger charge is 2.17. The van der Waals surface area contributed by atoms with E-state index < -0.39 is 11.9 Å². The highest BCUT2D eigenvalue weighted by molar-refractivity contribution is 6.31. The zero-order chi connectivity index (χ0) is 23.5. The first-order valence-corrected chi connectivity index (χ1v) is 10.9. The lowest BCUT2D eigenvalue weighted by Crippen LogP contribution is -2.31. The van der Waals surface area contributed by atoms with E-state index in [1.807, 2.05) is 39.0 Å². The standard InChI is InChI=1S/C24H24ClN3O5/c1-14(18-6-9-20-21(12-18)32-11-10-31-20)26-22(29)13-33-24(30)17-4-7-19(8-5-17)28-16(3)23(25)15(2)27-28/h4-9,12,14H,10-11,13H2,1-3H3,(H,26,29). The van der Waals surface area contributed by atoms with Crippen LogP contribution in [0.5, 0.6) is 11.5 Å². The average molecular weight is 470 g/mol. The Balaban J connectivity index is 1.32. The highest BCUT2D eigenvalue weighted by Crippen LogP contribution is 2.32. The number of aromatic nitrogens is 2. The molecule has 0 aliphatic carbocycles. The minimum absolute atomic E-state index is 0.293. The van der Waals surface area contributed by atoms with Crippen LogP contribution in [0.25, 0.3) is 5.69 Å². The van der Waals surface area contributed by atoms with Crippen LogP contribution in [0.4, 0.5) is 0 Å². The van der Waals surface area contributed by atoms with Crippen molar-refractivity contribution in [3.05, 3.63) is 70.0 Å². The molecule has 1 atom stereocenters. The van der Waals surface area contributed by atoms with Gasteiger partial charge < -0.3 is 19.5 Å². The molecule has 33 heavy (non-hydrogen) atoms. The number of nitrogens with zero attached hydrogens (tertiary/aromatic N) is 2. The zero-order valence-corrected chi connectivity index (χ0v) is 19.3. The van der Waals surface area contributed by atoms with Crippen LogP contribution in [0.3, 0.4) is 0 Å². The molecular formula is C24H24ClN3O5. The zero-order valence-electron chi connectivity index (χ0n) is 18.6. The summed E-state index contributed by atoms with van der Waals surface area (Å²) in [6.07, 6.45) is 0. The maximum Gasteiger partial charge on any atom is 0.338 e. The van der Waals surface area contributed by atoms with E-state index >= 15 is 0 Å². The van der Waals surface area contributed by atoms with E-state index in [9.17, 15) is 9.59 Å². The number of fused-ring (bicyclic) bond motifs is 1. The van der Waals surface area contributed by atoms with Gasteiger partial charge in [0.1, 0.15) is 13.2 Å². The van der Waals surface area contributed by atoms with Crippen LogP contribution in [0.15, 0.2) is 42.5 Å². The van der Waals surface area contributed by atoms with E-state index in [2.05, 4.69) is 10.4 Å². The second-order valence-corrected chi connectivity index (χ2v) is 8.09. The molecule has 0 bridgehead atoms. The molecule has 8 nitrogen and oxygen atoms in total. The largest absolute Gasteiger partial charge is 0.486 e. The Morgan fingerprint density at radius 2 is 1.82 bits per heavy atom. The Morgan fingerprint density at radius 3 is 2.48 bits per heavy atom. The number of carbonyl (C=O) groups excluding carboxylic acids is 2. The van der Waals surface area contributed by atoms with Gasteiger partial charge in [0.25, 0.3) is 5.91 Å². The molecule has 1 aliphatic rings. The van der Waals surface area contributed by atoms with Crippen molar-refractivity contribution >= 4 is 23.5 Å². The van der Waals surface area contributed by atoms with Gasteiger partial charge in [-0.25, -0.2) is 9.48 Å². The molecule has 1 aliphatic heterocycles. The highest BCUT2D eigenvalue weighted by atomic mass is 35.5. The summed E-state index contributed by atoms with van der Waals surface area (Å²) in [6.45, 7) is 6.16. The van der Waals surface area contributed by atoms with Crippen LogP contribution in [-0.4, -0.2) is 41.5 Å². The van der Waals surface area contributed by atoms with Crippen LogP contribution >= 0.6 is 11.6 Å². The molecular weight excluding hydrogens is 446 g/mol. The number of aryl methyl sites for hydroxylation is 1. The van der Waals surface area contributed by atoms with Gasteiger partial charge in [0, 0.05) is 0 Å². The van der Waals surface area contributed by atoms with E-state index in [-0.39, 0.29) is 12.6 Å². The predicted octanol–water partition coefficient (Wildman–Crippen LogP) is 3.95. The second kappa shape index (κ2) is 9.54. The number of ether oxygens (including phenoxy) is 3. The Kier molecular flexibility index (Phi) is 6.55. The number of hydrogen-bond acceptors (Lipinski definition) is 6. The Bertz CT molecular complexity index is 1190. The normalized spacial score (nSPS) is 13.3. The summed E-state index contributed by atoms with van der Waals surface area (Å²) < 4.78 is 18.0. The third kappa shape index (κ3) is 4.96. The second-order valence-electron chi connectivity index (χ2n) is 7.71. The van der Waals surface area contributed by atoms with Crippen molar-refractivity contribution in [3.8, 4) is 17.2 Å². The van der Waals surface area contributed by atoms with Crippen LogP contribution < -0.4 is 14.8 Å². The van der Waals surface area contributed by atoms with Gasteiger partial charge >= 0.3 is 5.97 Å². The van der Waals surface area contributed by atoms with Crippen molar-refractivity contribution in [2.24, 2.45) is 0 Å². The molecule has 1 N–H and O–H groups in total. The summed E-state index contributed by atoms with van der Waals surface area (Å²) in [6, 6.07) is 12.0. The fourth-order valence-corrected chi connectivity index (χ4v) is 3.64. The summed E-state index contributed by atoms with van der Waals surface area (Å²) in [7, 11) is 0. The summed E-state index contributed by atoms with van der Waals surface area (Å²) in [5.74, 6) is 0.344. The predicted molar refractivity (Wildman–Crippen MR) is 122 cm³/mol. The number of carbonyl (C=O) groups is 2. The van der Waals surface area contributed by atoms with Gasteiger partial charge in [0.05, 0.1) is 33.7 Å². The summed E-state index contributed by atoms with van der Waals surface area (Å²) in [5, 5.41) is 7.82. The first-order chi connectivity index (χ1) is 15.8. The third-order valence-corrected chi connectivity index (χ3v) is 5.88. The number of amides is 1. The third-order valence-electron chi connectivity index (χ3n) is 5.33. The molecule has 0 saturated heterocycles. The summed E-state index contributed by atoms with van der Waals surface area (Å²) in [4.78, 5) is 24.7. The molecule has 2 heterocycles. The number of halogens is 1. The van der Waals surface area contributed by atoms with Crippen LogP contribution in [-0.2, 0) is 9.53 Å². The van der Waals surface area contributed by atoms with Crippen LogP contribution in [0.2, 0.25) is 5.02 Å². The summed E-state index contributed by atoms with van der Waals surface area (Å²) in [5.41, 5.74) is 3.50. The first kappa shape index (κ1) is 22.7. The Hall–Kier alpha value is -3.52. The number of esters is 1. The van der Waals surface area contributed by atoms with Crippen molar-refractivity contribution in [2.45, 2.75) is 26.8 Å². The molecule has 172 valence electrons. The van der Waals surface area contributed by atoms with Gasteiger partial charge in [-0.2, -0.15) is 5.10 Å². The van der Waals surface area contributed by atoms with Gasteiger partial charge in [0.2, 0.25) is 0 Å². The summed E-state index contributed by atoms with van der Waals surface area (Å²) >= 11 is 6.20. The van der Waals surface area contributed by atoms with Gasteiger partial charge in [0.15, 0.2) is 18.1 Å². The van der Waals surface area contributed by atoms with Crippen molar-refractivity contribution in [1.29, 1.82) is 0 Å². The topological polar surface area (TPSA) is 91.7 Å². The Morgan fingerprint density at radius 1 is 1.12 bits per heavy atom. The molecule has 0 radical (unpaired) electrons. The van der Waals surface area contributed by atoms with E-state index in [0.717, 1.165) is 22.6 Å². The SMILES string of the molecule is Cc1nn(-c2ccc(C(=O)OCC(=O)NC(C)c3ccc4c(c3)OCCO4)cc2)c(C)c1Cl. The lowest BCUT2D eigenvalue weighted by atomic mass is 10.1. The quantitative estimate of drug-likeness (QED) is 0.550. The van der Waals surface area contributed by atoms with Crippen molar-refractivity contribution in [2.75, 3.05) is 19.8 Å². The molecule has 0 spiro atoms. The number of hydrogen-bond donors (Lipinski definition) is 1. The smallest absolute Gasteiger partial charge is 0.338 e. The minimum Gasteiger partial charge on any atom is -0.486 e. The van der Waals surface area contributed by atoms with Crippen LogP contribution in [0, 0.1) is 13.8 Å². The molecule has 2 aromatic carbocycles. The molecule has 1 unspecified atom stereocenters. The Labute approximate surface area is 196 Å². The van der Waals surface area contributed by atoms with Gasteiger partial charge in [-0.05, 0) is 62.7 Å². The number of benzene rings is 2. The van der Waals surface area contributed by atoms with Gasteiger partial charge in [-0.1, -0.05) is 17.7 Å². The monoisotopic (exact) mass is 469 g/mol.